The van der Waals surface area contributed by atoms with Crippen LogP contribution >= 0.6 is 0 Å². The number of terminal acetylenes is 1. The van der Waals surface area contributed by atoms with Crippen molar-refractivity contribution in [3.63, 3.8) is 0 Å². The van der Waals surface area contributed by atoms with Crippen LogP contribution in [-0.2, 0) is 10.2 Å². The zero-order chi connectivity index (χ0) is 29.9. The number of nitrogens with zero attached hydrogens (tertiary/aromatic N) is 5. The molecule has 0 saturated heterocycles. The van der Waals surface area contributed by atoms with Gasteiger partial charge < -0.3 is 10.2 Å². The van der Waals surface area contributed by atoms with E-state index in [9.17, 15) is 22.8 Å². The SMILES string of the molecule is C#Cc1ccc2c3c(c([C@H](C)NC(=O)c4c(NS(N)(=O)=O)nn5cccnc45)n(-c4ccccc4)c(=O)c13)C(=O)N2C. The second-order valence-electron chi connectivity index (χ2n) is 9.58. The molecular weight excluding hydrogens is 560 g/mol. The van der Waals surface area contributed by atoms with Gasteiger partial charge in [0.25, 0.3) is 27.6 Å². The lowest BCUT2D eigenvalue weighted by atomic mass is 9.97. The standard InChI is InChI=1S/C28H22N8O5S/c1-4-16-11-12-18-20-19(16)28(39)36(17-9-6-5-7-10-17)23(21(20)27(38)34(18)3)15(2)31-26(37)22-24(33-42(29,40)41)32-35-14-8-13-30-25(22)35/h1,5-15H,2-3H3,(H,31,37)(H,32,33)(H2,29,40,41)/t15-/m0/s1. The summed E-state index contributed by atoms with van der Waals surface area (Å²) in [5.41, 5.74) is 1.07. The predicted octanol–water partition coefficient (Wildman–Crippen LogP) is 1.71. The molecule has 0 radical (unpaired) electrons. The number of aromatic nitrogens is 4. The Hall–Kier alpha value is -5.52. The summed E-state index contributed by atoms with van der Waals surface area (Å²) in [4.78, 5) is 47.3. The Morgan fingerprint density at radius 1 is 1.10 bits per heavy atom. The van der Waals surface area contributed by atoms with Gasteiger partial charge in [-0.15, -0.1) is 11.5 Å². The molecule has 0 fully saturated rings. The molecule has 1 atom stereocenters. The molecule has 0 aliphatic carbocycles. The van der Waals surface area contributed by atoms with E-state index in [1.54, 1.807) is 62.5 Å². The zero-order valence-electron chi connectivity index (χ0n) is 22.2. The Balaban J connectivity index is 1.59. The molecule has 42 heavy (non-hydrogen) atoms. The van der Waals surface area contributed by atoms with Gasteiger partial charge in [-0.1, -0.05) is 24.1 Å². The van der Waals surface area contributed by atoms with E-state index < -0.39 is 27.7 Å². The fourth-order valence-corrected chi connectivity index (χ4v) is 5.72. The van der Waals surface area contributed by atoms with Gasteiger partial charge in [-0.25, -0.2) is 14.6 Å². The van der Waals surface area contributed by atoms with E-state index in [0.29, 0.717) is 22.3 Å². The number of carbonyl (C=O) groups is 2. The third kappa shape index (κ3) is 4.07. The minimum atomic E-state index is -4.30. The molecular formula is C28H22N8O5S. The number of hydrogen-bond acceptors (Lipinski definition) is 7. The average molecular weight is 583 g/mol. The Bertz CT molecular complexity index is 2180. The van der Waals surface area contributed by atoms with Gasteiger partial charge in [0, 0.05) is 36.1 Å². The summed E-state index contributed by atoms with van der Waals surface area (Å²) in [7, 11) is -2.71. The van der Waals surface area contributed by atoms with Crippen LogP contribution in [0.4, 0.5) is 11.5 Å². The molecule has 1 aliphatic rings. The van der Waals surface area contributed by atoms with Crippen LogP contribution in [0.25, 0.3) is 22.1 Å². The van der Waals surface area contributed by atoms with Crippen LogP contribution in [0.2, 0.25) is 0 Å². The maximum atomic E-state index is 14.2. The van der Waals surface area contributed by atoms with Crippen molar-refractivity contribution in [2.24, 2.45) is 5.14 Å². The number of para-hydroxylation sites is 1. The van der Waals surface area contributed by atoms with Crippen molar-refractivity contribution in [3.8, 4) is 18.0 Å². The van der Waals surface area contributed by atoms with Crippen molar-refractivity contribution in [3.05, 3.63) is 93.7 Å². The number of hydrogen-bond donors (Lipinski definition) is 3. The molecule has 6 rings (SSSR count). The highest BCUT2D eigenvalue weighted by Crippen LogP contribution is 2.40. The van der Waals surface area contributed by atoms with E-state index in [1.165, 1.54) is 26.4 Å². The van der Waals surface area contributed by atoms with Crippen molar-refractivity contribution in [1.29, 1.82) is 0 Å². The third-order valence-electron chi connectivity index (χ3n) is 7.02. The van der Waals surface area contributed by atoms with E-state index in [1.807, 2.05) is 4.72 Å². The first-order chi connectivity index (χ1) is 20.0. The maximum absolute atomic E-state index is 14.2. The van der Waals surface area contributed by atoms with E-state index in [4.69, 9.17) is 11.6 Å². The lowest BCUT2D eigenvalue weighted by Gasteiger charge is -2.23. The van der Waals surface area contributed by atoms with Crippen LogP contribution in [0.1, 0.15) is 44.9 Å². The van der Waals surface area contributed by atoms with Gasteiger partial charge in [-0.2, -0.15) is 8.42 Å². The predicted molar refractivity (Wildman–Crippen MR) is 156 cm³/mol. The van der Waals surface area contributed by atoms with Gasteiger partial charge in [0.2, 0.25) is 0 Å². The first-order valence-electron chi connectivity index (χ1n) is 12.5. The van der Waals surface area contributed by atoms with Crippen LogP contribution in [-0.4, -0.2) is 46.4 Å². The number of nitrogens with one attached hydrogen (secondary N) is 2. The van der Waals surface area contributed by atoms with Crippen LogP contribution in [0.3, 0.4) is 0 Å². The van der Waals surface area contributed by atoms with Gasteiger partial charge in [-0.3, -0.25) is 23.7 Å². The van der Waals surface area contributed by atoms with Crippen molar-refractivity contribution >= 4 is 49.9 Å². The van der Waals surface area contributed by atoms with Crippen molar-refractivity contribution in [2.75, 3.05) is 16.7 Å². The minimum Gasteiger partial charge on any atom is -0.344 e. The highest BCUT2D eigenvalue weighted by atomic mass is 32.2. The third-order valence-corrected chi connectivity index (χ3v) is 7.49. The lowest BCUT2D eigenvalue weighted by molar-refractivity contribution is 0.0935. The van der Waals surface area contributed by atoms with Gasteiger partial charge >= 0.3 is 0 Å². The van der Waals surface area contributed by atoms with Gasteiger partial charge in [-0.05, 0) is 37.3 Å². The topological polar surface area (TPSA) is 174 Å². The van der Waals surface area contributed by atoms with Crippen molar-refractivity contribution < 1.29 is 18.0 Å². The van der Waals surface area contributed by atoms with E-state index in [-0.39, 0.29) is 39.6 Å². The van der Waals surface area contributed by atoms with Gasteiger partial charge in [0.05, 0.1) is 28.4 Å². The molecule has 2 aromatic carbocycles. The normalized spacial score (nSPS) is 13.4. The minimum absolute atomic E-state index is 0.0496. The molecule has 1 aliphatic heterocycles. The van der Waals surface area contributed by atoms with Crippen molar-refractivity contribution in [1.82, 2.24) is 24.5 Å². The van der Waals surface area contributed by atoms with Gasteiger partial charge in [0.15, 0.2) is 11.5 Å². The number of fused-ring (bicyclic) bond motifs is 1. The van der Waals surface area contributed by atoms with Gasteiger partial charge in [0.1, 0.15) is 5.56 Å². The fraction of sp³-hybridized carbons (Fsp3) is 0.107. The molecule has 210 valence electrons. The largest absolute Gasteiger partial charge is 0.344 e. The summed E-state index contributed by atoms with van der Waals surface area (Å²) >= 11 is 0. The first-order valence-corrected chi connectivity index (χ1v) is 14.1. The molecule has 14 heteroatoms. The zero-order valence-corrected chi connectivity index (χ0v) is 23.0. The summed E-state index contributed by atoms with van der Waals surface area (Å²) in [6, 6.07) is 12.5. The monoisotopic (exact) mass is 582 g/mol. The van der Waals surface area contributed by atoms with Crippen LogP contribution in [0, 0.1) is 12.3 Å². The molecule has 13 nitrogen and oxygen atoms in total. The Kier molecular flexibility index (Phi) is 6.07. The smallest absolute Gasteiger partial charge is 0.297 e. The fourth-order valence-electron chi connectivity index (χ4n) is 5.30. The summed E-state index contributed by atoms with van der Waals surface area (Å²) in [5.74, 6) is 1.03. The number of pyridine rings is 1. The lowest BCUT2D eigenvalue weighted by Crippen LogP contribution is -2.35. The number of rotatable bonds is 6. The average Bonchev–Trinajstić information content (AvgIpc) is 3.43. The summed E-state index contributed by atoms with van der Waals surface area (Å²) in [6.07, 6.45) is 8.65. The second kappa shape index (κ2) is 9.54. The molecule has 4 N–H and O–H groups in total. The maximum Gasteiger partial charge on any atom is 0.297 e. The van der Waals surface area contributed by atoms with Crippen LogP contribution < -0.4 is 25.6 Å². The number of carbonyl (C=O) groups excluding carboxylic acids is 2. The number of anilines is 2. The van der Waals surface area contributed by atoms with Crippen LogP contribution in [0.5, 0.6) is 0 Å². The molecule has 3 aromatic heterocycles. The summed E-state index contributed by atoms with van der Waals surface area (Å²) in [5, 5.41) is 12.7. The molecule has 4 heterocycles. The molecule has 2 amide bonds. The number of benzene rings is 2. The summed E-state index contributed by atoms with van der Waals surface area (Å²) < 4.78 is 28.3. The Labute approximate surface area is 238 Å². The Morgan fingerprint density at radius 2 is 1.83 bits per heavy atom. The van der Waals surface area contributed by atoms with Crippen LogP contribution in [0.15, 0.2) is 65.7 Å². The highest BCUT2D eigenvalue weighted by molar-refractivity contribution is 7.90. The molecule has 5 aromatic rings. The second-order valence-corrected chi connectivity index (χ2v) is 10.9. The molecule has 0 saturated carbocycles. The Morgan fingerprint density at radius 3 is 2.52 bits per heavy atom. The van der Waals surface area contributed by atoms with E-state index in [2.05, 4.69) is 21.3 Å². The molecule has 0 unspecified atom stereocenters. The molecule has 0 bridgehead atoms. The van der Waals surface area contributed by atoms with E-state index in [0.717, 1.165) is 0 Å². The number of nitrogens with two attached hydrogens (primary N) is 1. The quantitative estimate of drug-likeness (QED) is 0.256. The van der Waals surface area contributed by atoms with Crippen molar-refractivity contribution in [2.45, 2.75) is 13.0 Å². The molecule has 0 spiro atoms. The van der Waals surface area contributed by atoms with E-state index >= 15 is 0 Å². The number of amides is 2. The highest BCUT2D eigenvalue weighted by Gasteiger charge is 2.37. The first kappa shape index (κ1) is 26.7. The summed E-state index contributed by atoms with van der Waals surface area (Å²) in [6.45, 7) is 1.61.